The predicted molar refractivity (Wildman–Crippen MR) is 81.6 cm³/mol. The molecule has 0 radical (unpaired) electrons. The van der Waals surface area contributed by atoms with Gasteiger partial charge in [0.2, 0.25) is 0 Å². The molecule has 1 unspecified atom stereocenters. The van der Waals surface area contributed by atoms with Gasteiger partial charge in [0, 0.05) is 13.5 Å². The fourth-order valence-corrected chi connectivity index (χ4v) is 1.83. The van der Waals surface area contributed by atoms with Gasteiger partial charge in [-0.25, -0.2) is 9.59 Å². The van der Waals surface area contributed by atoms with Crippen molar-refractivity contribution in [1.29, 1.82) is 0 Å². The highest BCUT2D eigenvalue weighted by Gasteiger charge is 2.31. The quantitative estimate of drug-likeness (QED) is 0.864. The van der Waals surface area contributed by atoms with Gasteiger partial charge in [-0.1, -0.05) is 12.1 Å². The van der Waals surface area contributed by atoms with Gasteiger partial charge >= 0.3 is 12.1 Å². The first kappa shape index (κ1) is 17.8. The number of hydrogen-bond donors (Lipinski definition) is 1. The molecule has 1 atom stereocenters. The molecule has 0 spiro atoms. The zero-order valence-electron chi connectivity index (χ0n) is 13.6. The van der Waals surface area contributed by atoms with Gasteiger partial charge in [-0.2, -0.15) is 0 Å². The number of phenols is 1. The second kappa shape index (κ2) is 7.15. The predicted octanol–water partition coefficient (Wildman–Crippen LogP) is 2.34. The number of rotatable bonds is 4. The van der Waals surface area contributed by atoms with E-state index in [-0.39, 0.29) is 12.2 Å². The Labute approximate surface area is 130 Å². The number of hydrogen-bond acceptors (Lipinski definition) is 5. The van der Waals surface area contributed by atoms with Crippen molar-refractivity contribution in [1.82, 2.24) is 4.90 Å². The van der Waals surface area contributed by atoms with E-state index < -0.39 is 23.7 Å². The van der Waals surface area contributed by atoms with Crippen molar-refractivity contribution in [3.63, 3.8) is 0 Å². The third-order valence-electron chi connectivity index (χ3n) is 2.99. The molecular weight excluding hydrogens is 286 g/mol. The number of carbonyl (C=O) groups excluding carboxylic acids is 2. The van der Waals surface area contributed by atoms with Crippen molar-refractivity contribution in [3.05, 3.63) is 29.8 Å². The van der Waals surface area contributed by atoms with Crippen LogP contribution in [0.1, 0.15) is 26.3 Å². The molecule has 0 fully saturated rings. The summed E-state index contributed by atoms with van der Waals surface area (Å²) in [5, 5.41) is 9.29. The Bertz CT molecular complexity index is 518. The highest BCUT2D eigenvalue weighted by Crippen LogP contribution is 2.16. The topological polar surface area (TPSA) is 76.1 Å². The molecule has 6 nitrogen and oxygen atoms in total. The number of esters is 1. The van der Waals surface area contributed by atoms with Gasteiger partial charge in [-0.15, -0.1) is 0 Å². The largest absolute Gasteiger partial charge is 0.508 e. The van der Waals surface area contributed by atoms with E-state index >= 15 is 0 Å². The van der Waals surface area contributed by atoms with E-state index in [1.807, 2.05) is 0 Å². The number of phenolic OH excluding ortho intramolecular Hbond substituents is 1. The third kappa shape index (κ3) is 5.27. The second-order valence-corrected chi connectivity index (χ2v) is 6.00. The lowest BCUT2D eigenvalue weighted by atomic mass is 10.0. The molecule has 0 aliphatic rings. The van der Waals surface area contributed by atoms with Crippen LogP contribution in [0.5, 0.6) is 5.75 Å². The summed E-state index contributed by atoms with van der Waals surface area (Å²) in [6.45, 7) is 5.27. The van der Waals surface area contributed by atoms with Crippen molar-refractivity contribution < 1.29 is 24.2 Å². The van der Waals surface area contributed by atoms with E-state index in [0.29, 0.717) is 0 Å². The average molecular weight is 309 g/mol. The maximum atomic E-state index is 12.1. The fourth-order valence-electron chi connectivity index (χ4n) is 1.83. The summed E-state index contributed by atoms with van der Waals surface area (Å²) in [5.41, 5.74) is 0.147. The standard InChI is InChI=1S/C16H23NO5/c1-16(2,3)22-15(20)17(4)13(14(19)21-5)10-11-6-8-12(18)9-7-11/h6-9,13,18H,10H2,1-5H3. The molecule has 1 aromatic carbocycles. The van der Waals surface area contributed by atoms with E-state index in [2.05, 4.69) is 0 Å². The SMILES string of the molecule is COC(=O)C(Cc1ccc(O)cc1)N(C)C(=O)OC(C)(C)C. The molecule has 1 amide bonds. The Morgan fingerprint density at radius 2 is 1.77 bits per heavy atom. The maximum Gasteiger partial charge on any atom is 0.410 e. The van der Waals surface area contributed by atoms with Gasteiger partial charge in [-0.05, 0) is 38.5 Å². The number of nitrogens with zero attached hydrogens (tertiary/aromatic N) is 1. The number of benzene rings is 1. The Hall–Kier alpha value is -2.24. The van der Waals surface area contributed by atoms with Gasteiger partial charge in [0.05, 0.1) is 7.11 Å². The van der Waals surface area contributed by atoms with E-state index in [0.717, 1.165) is 5.56 Å². The molecule has 0 heterocycles. The van der Waals surface area contributed by atoms with Crippen LogP contribution in [-0.4, -0.2) is 47.9 Å². The minimum absolute atomic E-state index is 0.138. The number of methoxy groups -OCH3 is 1. The zero-order valence-corrected chi connectivity index (χ0v) is 13.6. The molecule has 0 bridgehead atoms. The summed E-state index contributed by atoms with van der Waals surface area (Å²) in [6.07, 6.45) is -0.329. The van der Waals surface area contributed by atoms with Crippen LogP contribution >= 0.6 is 0 Å². The molecule has 1 N–H and O–H groups in total. The van der Waals surface area contributed by atoms with E-state index in [4.69, 9.17) is 9.47 Å². The minimum Gasteiger partial charge on any atom is -0.508 e. The molecule has 0 aromatic heterocycles. The van der Waals surface area contributed by atoms with E-state index in [9.17, 15) is 14.7 Å². The monoisotopic (exact) mass is 309 g/mol. The summed E-state index contributed by atoms with van der Waals surface area (Å²) in [4.78, 5) is 25.3. The van der Waals surface area contributed by atoms with Crippen molar-refractivity contribution >= 4 is 12.1 Å². The van der Waals surface area contributed by atoms with Crippen molar-refractivity contribution in [3.8, 4) is 5.75 Å². The van der Waals surface area contributed by atoms with Crippen molar-refractivity contribution in [2.75, 3.05) is 14.2 Å². The van der Waals surface area contributed by atoms with Crippen LogP contribution in [-0.2, 0) is 20.7 Å². The zero-order chi connectivity index (χ0) is 16.9. The number of likely N-dealkylation sites (N-methyl/N-ethyl adjacent to an activating group) is 1. The first-order valence-corrected chi connectivity index (χ1v) is 6.95. The van der Waals surface area contributed by atoms with E-state index in [1.54, 1.807) is 32.9 Å². The molecule has 122 valence electrons. The Balaban J connectivity index is 2.90. The lowest BCUT2D eigenvalue weighted by Crippen LogP contribution is -2.46. The van der Waals surface area contributed by atoms with Crippen LogP contribution in [0.25, 0.3) is 0 Å². The van der Waals surface area contributed by atoms with Crippen LogP contribution in [0.3, 0.4) is 0 Å². The second-order valence-electron chi connectivity index (χ2n) is 6.00. The van der Waals surface area contributed by atoms with Gasteiger partial charge in [0.15, 0.2) is 0 Å². The molecular formula is C16H23NO5. The molecule has 0 saturated carbocycles. The molecule has 22 heavy (non-hydrogen) atoms. The lowest BCUT2D eigenvalue weighted by molar-refractivity contribution is -0.146. The number of aromatic hydroxyl groups is 1. The lowest BCUT2D eigenvalue weighted by Gasteiger charge is -2.29. The van der Waals surface area contributed by atoms with Crippen LogP contribution in [0, 0.1) is 0 Å². The third-order valence-corrected chi connectivity index (χ3v) is 2.99. The molecule has 0 saturated heterocycles. The van der Waals surface area contributed by atoms with Crippen LogP contribution in [0.4, 0.5) is 4.79 Å². The highest BCUT2D eigenvalue weighted by molar-refractivity contribution is 5.81. The highest BCUT2D eigenvalue weighted by atomic mass is 16.6. The van der Waals surface area contributed by atoms with E-state index in [1.165, 1.54) is 31.2 Å². The fraction of sp³-hybridized carbons (Fsp3) is 0.500. The number of carbonyl (C=O) groups is 2. The van der Waals surface area contributed by atoms with Crippen LogP contribution in [0.15, 0.2) is 24.3 Å². The molecule has 0 aliphatic heterocycles. The van der Waals surface area contributed by atoms with Crippen LogP contribution in [0.2, 0.25) is 0 Å². The summed E-state index contributed by atoms with van der Waals surface area (Å²) < 4.78 is 10.0. The summed E-state index contributed by atoms with van der Waals surface area (Å²) >= 11 is 0. The van der Waals surface area contributed by atoms with Gasteiger partial charge in [0.25, 0.3) is 0 Å². The first-order valence-electron chi connectivity index (χ1n) is 6.95. The summed E-state index contributed by atoms with van der Waals surface area (Å²) in [6, 6.07) is 5.63. The number of amides is 1. The Morgan fingerprint density at radius 1 is 1.23 bits per heavy atom. The maximum absolute atomic E-state index is 12.1. The molecule has 1 aromatic rings. The smallest absolute Gasteiger partial charge is 0.410 e. The van der Waals surface area contributed by atoms with Crippen molar-refractivity contribution in [2.45, 2.75) is 38.8 Å². The van der Waals surface area contributed by atoms with Crippen LogP contribution < -0.4 is 0 Å². The minimum atomic E-state index is -0.801. The Morgan fingerprint density at radius 3 is 2.23 bits per heavy atom. The Kier molecular flexibility index (Phi) is 5.79. The molecule has 0 aliphatic carbocycles. The molecule has 1 rings (SSSR count). The average Bonchev–Trinajstić information content (AvgIpc) is 2.43. The summed E-state index contributed by atoms with van der Waals surface area (Å²) in [5.74, 6) is -0.389. The van der Waals surface area contributed by atoms with Gasteiger partial charge in [0.1, 0.15) is 17.4 Å². The van der Waals surface area contributed by atoms with Gasteiger partial charge < -0.3 is 14.6 Å². The first-order chi connectivity index (χ1) is 10.1. The normalized spacial score (nSPS) is 12.4. The summed E-state index contributed by atoms with van der Waals surface area (Å²) in [7, 11) is 2.77. The van der Waals surface area contributed by atoms with Gasteiger partial charge in [-0.3, -0.25) is 4.90 Å². The molecule has 6 heteroatoms. The number of ether oxygens (including phenoxy) is 2. The van der Waals surface area contributed by atoms with Crippen molar-refractivity contribution in [2.24, 2.45) is 0 Å².